The Balaban J connectivity index is 1.92. The predicted molar refractivity (Wildman–Crippen MR) is 101 cm³/mol. The molecule has 0 aliphatic heterocycles. The van der Waals surface area contributed by atoms with Crippen LogP contribution in [-0.4, -0.2) is 57.7 Å². The highest BCUT2D eigenvalue weighted by Gasteiger charge is 2.38. The zero-order valence-corrected chi connectivity index (χ0v) is 16.6. The maximum absolute atomic E-state index is 12.5. The predicted octanol–water partition coefficient (Wildman–Crippen LogP) is 3.06. The van der Waals surface area contributed by atoms with Crippen molar-refractivity contribution < 1.29 is 32.4 Å². The number of alkyl halides is 3. The summed E-state index contributed by atoms with van der Waals surface area (Å²) in [5, 5.41) is 14.9. The van der Waals surface area contributed by atoms with E-state index in [0.29, 0.717) is 25.1 Å². The van der Waals surface area contributed by atoms with Gasteiger partial charge in [0.15, 0.2) is 0 Å². The van der Waals surface area contributed by atoms with Gasteiger partial charge in [-0.2, -0.15) is 18.2 Å². The minimum absolute atomic E-state index is 0.0917. The molecule has 2 aromatic rings. The molecule has 164 valence electrons. The smallest absolute Gasteiger partial charge is 0.471 e. The molecule has 0 radical (unpaired) electrons. The molecule has 0 saturated heterocycles. The first-order chi connectivity index (χ1) is 14.1. The molecule has 11 heteroatoms. The van der Waals surface area contributed by atoms with Gasteiger partial charge < -0.3 is 19.8 Å². The number of nitrogens with zero attached hydrogens (tertiary/aromatic N) is 3. The molecule has 0 saturated carbocycles. The number of likely N-dealkylation sites (N-methyl/N-ethyl adjacent to an activating group) is 1. The van der Waals surface area contributed by atoms with Crippen LogP contribution in [0.2, 0.25) is 0 Å². The molecule has 1 heterocycles. The van der Waals surface area contributed by atoms with E-state index in [2.05, 4.69) is 20.0 Å². The van der Waals surface area contributed by atoms with Crippen molar-refractivity contribution in [2.75, 3.05) is 19.6 Å². The number of hydrogen-bond acceptors (Lipinski definition) is 6. The fraction of sp³-hybridized carbons (Fsp3) is 0.474. The molecule has 8 nitrogen and oxygen atoms in total. The second-order valence-corrected chi connectivity index (χ2v) is 6.76. The maximum atomic E-state index is 12.5. The van der Waals surface area contributed by atoms with Crippen LogP contribution in [0.3, 0.4) is 0 Å². The second-order valence-electron chi connectivity index (χ2n) is 6.76. The highest BCUT2D eigenvalue weighted by molar-refractivity contribution is 5.94. The van der Waals surface area contributed by atoms with Crippen LogP contribution in [0.4, 0.5) is 13.2 Å². The van der Waals surface area contributed by atoms with Gasteiger partial charge in [-0.15, -0.1) is 0 Å². The number of carboxylic acid groups (broad SMARTS) is 1. The average molecular weight is 428 g/mol. The van der Waals surface area contributed by atoms with E-state index in [9.17, 15) is 22.8 Å². The number of nitrogens with one attached hydrogen (secondary N) is 1. The van der Waals surface area contributed by atoms with Crippen LogP contribution in [0.1, 0.15) is 42.9 Å². The van der Waals surface area contributed by atoms with Crippen LogP contribution in [-0.2, 0) is 11.0 Å². The minimum atomic E-state index is -4.72. The number of carboxylic acids is 1. The van der Waals surface area contributed by atoms with Gasteiger partial charge in [0.1, 0.15) is 0 Å². The number of carbonyl (C=O) groups excluding carboxylic acids is 1. The third-order valence-corrected chi connectivity index (χ3v) is 4.30. The summed E-state index contributed by atoms with van der Waals surface area (Å²) in [6.45, 7) is 5.69. The molecule has 1 amide bonds. The minimum Gasteiger partial charge on any atom is -0.481 e. The zero-order chi connectivity index (χ0) is 22.3. The van der Waals surface area contributed by atoms with Crippen LogP contribution in [0.15, 0.2) is 28.8 Å². The quantitative estimate of drug-likeness (QED) is 0.599. The van der Waals surface area contributed by atoms with Gasteiger partial charge in [0, 0.05) is 30.1 Å². The summed E-state index contributed by atoms with van der Waals surface area (Å²) in [6.07, 6.45) is -4.10. The number of carbonyl (C=O) groups is 2. The Labute approximate surface area is 171 Å². The molecule has 1 aromatic carbocycles. The van der Waals surface area contributed by atoms with Crippen molar-refractivity contribution in [3.8, 4) is 11.4 Å². The molecule has 0 bridgehead atoms. The average Bonchev–Trinajstić information content (AvgIpc) is 3.17. The van der Waals surface area contributed by atoms with Gasteiger partial charge >= 0.3 is 18.0 Å². The van der Waals surface area contributed by atoms with Crippen molar-refractivity contribution in [2.45, 2.75) is 38.9 Å². The lowest BCUT2D eigenvalue weighted by Gasteiger charge is -2.24. The summed E-state index contributed by atoms with van der Waals surface area (Å²) >= 11 is 0. The Morgan fingerprint density at radius 2 is 1.93 bits per heavy atom. The first-order valence-corrected chi connectivity index (χ1v) is 9.36. The summed E-state index contributed by atoms with van der Waals surface area (Å²) in [7, 11) is 0. The van der Waals surface area contributed by atoms with Crippen LogP contribution in [0.5, 0.6) is 0 Å². The molecular formula is C19H23F3N4O4. The second kappa shape index (κ2) is 10.2. The van der Waals surface area contributed by atoms with Crippen LogP contribution >= 0.6 is 0 Å². The number of aliphatic carboxylic acids is 1. The van der Waals surface area contributed by atoms with Crippen molar-refractivity contribution in [1.82, 2.24) is 20.4 Å². The van der Waals surface area contributed by atoms with Gasteiger partial charge in [0.2, 0.25) is 5.82 Å². The fourth-order valence-electron chi connectivity index (χ4n) is 2.80. The van der Waals surface area contributed by atoms with E-state index >= 15 is 0 Å². The number of amides is 1. The monoisotopic (exact) mass is 428 g/mol. The molecule has 0 unspecified atom stereocenters. The van der Waals surface area contributed by atoms with Crippen LogP contribution in [0, 0.1) is 0 Å². The number of benzene rings is 1. The molecule has 0 aliphatic carbocycles. The van der Waals surface area contributed by atoms with Crippen molar-refractivity contribution in [3.63, 3.8) is 0 Å². The molecule has 0 fully saturated rings. The Bertz CT molecular complexity index is 852. The fourth-order valence-corrected chi connectivity index (χ4v) is 2.80. The topological polar surface area (TPSA) is 109 Å². The molecular weight excluding hydrogens is 405 g/mol. The van der Waals surface area contributed by atoms with Gasteiger partial charge in [-0.25, -0.2) is 0 Å². The van der Waals surface area contributed by atoms with E-state index in [4.69, 9.17) is 5.11 Å². The Hall–Kier alpha value is -2.95. The van der Waals surface area contributed by atoms with E-state index in [1.165, 1.54) is 24.3 Å². The molecule has 0 spiro atoms. The molecule has 1 atom stereocenters. The Morgan fingerprint density at radius 3 is 2.47 bits per heavy atom. The van der Waals surface area contributed by atoms with Crippen molar-refractivity contribution in [3.05, 3.63) is 35.7 Å². The number of halogens is 3. The molecule has 2 rings (SSSR count). The SMILES string of the molecule is CCN(CCCC(=O)O)C[C@@H](C)NC(=O)c1ccc(-c2noc(C(F)(F)F)n2)cc1. The third-order valence-electron chi connectivity index (χ3n) is 4.30. The Kier molecular flexibility index (Phi) is 7.93. The summed E-state index contributed by atoms with van der Waals surface area (Å²) in [6, 6.07) is 5.62. The van der Waals surface area contributed by atoms with E-state index in [-0.39, 0.29) is 29.8 Å². The normalized spacial score (nSPS) is 12.7. The van der Waals surface area contributed by atoms with E-state index < -0.39 is 18.0 Å². The molecule has 2 N–H and O–H groups in total. The molecule has 1 aromatic heterocycles. The van der Waals surface area contributed by atoms with Crippen molar-refractivity contribution in [1.29, 1.82) is 0 Å². The highest BCUT2D eigenvalue weighted by Crippen LogP contribution is 2.29. The highest BCUT2D eigenvalue weighted by atomic mass is 19.4. The van der Waals surface area contributed by atoms with Crippen LogP contribution < -0.4 is 5.32 Å². The lowest BCUT2D eigenvalue weighted by Crippen LogP contribution is -2.42. The van der Waals surface area contributed by atoms with E-state index in [0.717, 1.165) is 6.54 Å². The van der Waals surface area contributed by atoms with E-state index in [1.807, 2.05) is 18.7 Å². The summed E-state index contributed by atoms with van der Waals surface area (Å²) < 4.78 is 41.8. The van der Waals surface area contributed by atoms with Gasteiger partial charge in [0.05, 0.1) is 0 Å². The van der Waals surface area contributed by atoms with Crippen molar-refractivity contribution >= 4 is 11.9 Å². The standard InChI is InChI=1S/C19H23F3N4O4/c1-3-26(10-4-5-15(27)28)11-12(2)23-17(29)14-8-6-13(7-9-14)16-24-18(30-25-16)19(20,21)22/h6-9,12H,3-5,10-11H2,1-2H3,(H,23,29)(H,27,28)/t12-/m1/s1. The maximum Gasteiger partial charge on any atom is 0.471 e. The molecule has 30 heavy (non-hydrogen) atoms. The third kappa shape index (κ3) is 6.83. The first kappa shape index (κ1) is 23.3. The van der Waals surface area contributed by atoms with Gasteiger partial charge in [-0.1, -0.05) is 24.2 Å². The lowest BCUT2D eigenvalue weighted by molar-refractivity contribution is -0.159. The number of hydrogen-bond donors (Lipinski definition) is 2. The Morgan fingerprint density at radius 1 is 1.27 bits per heavy atom. The van der Waals surface area contributed by atoms with Crippen molar-refractivity contribution in [2.24, 2.45) is 0 Å². The van der Waals surface area contributed by atoms with Gasteiger partial charge in [-0.05, 0) is 38.6 Å². The van der Waals surface area contributed by atoms with E-state index in [1.54, 1.807) is 0 Å². The lowest BCUT2D eigenvalue weighted by atomic mass is 10.1. The van der Waals surface area contributed by atoms with Gasteiger partial charge in [0.25, 0.3) is 5.91 Å². The summed E-state index contributed by atoms with van der Waals surface area (Å²) in [5.74, 6) is -2.83. The molecule has 0 aliphatic rings. The summed E-state index contributed by atoms with van der Waals surface area (Å²) in [4.78, 5) is 28.4. The first-order valence-electron chi connectivity index (χ1n) is 9.36. The zero-order valence-electron chi connectivity index (χ0n) is 16.6. The number of aromatic nitrogens is 2. The van der Waals surface area contributed by atoms with Gasteiger partial charge in [-0.3, -0.25) is 9.59 Å². The summed E-state index contributed by atoms with van der Waals surface area (Å²) in [5.41, 5.74) is 0.619. The number of rotatable bonds is 10. The largest absolute Gasteiger partial charge is 0.481 e. The van der Waals surface area contributed by atoms with Crippen LogP contribution in [0.25, 0.3) is 11.4 Å².